The van der Waals surface area contributed by atoms with E-state index >= 15 is 0 Å². The van der Waals surface area contributed by atoms with E-state index in [1.165, 1.54) is 37.1 Å². The fourth-order valence-electron chi connectivity index (χ4n) is 2.99. The third-order valence-corrected chi connectivity index (χ3v) is 4.28. The highest BCUT2D eigenvalue weighted by molar-refractivity contribution is 5.25. The van der Waals surface area contributed by atoms with Crippen LogP contribution in [-0.2, 0) is 6.42 Å². The van der Waals surface area contributed by atoms with Crippen LogP contribution in [0.2, 0.25) is 0 Å². The number of rotatable bonds is 5. The Kier molecular flexibility index (Phi) is 5.00. The van der Waals surface area contributed by atoms with Crippen molar-refractivity contribution in [1.82, 2.24) is 10.2 Å². The van der Waals surface area contributed by atoms with E-state index in [0.29, 0.717) is 12.1 Å². The van der Waals surface area contributed by atoms with E-state index in [1.54, 1.807) is 0 Å². The zero-order valence-electron chi connectivity index (χ0n) is 12.8. The first-order chi connectivity index (χ1) is 9.10. The van der Waals surface area contributed by atoms with Crippen LogP contribution in [0.5, 0.6) is 0 Å². The van der Waals surface area contributed by atoms with Crippen molar-refractivity contribution in [3.8, 4) is 0 Å². The summed E-state index contributed by atoms with van der Waals surface area (Å²) in [6.07, 6.45) is 2.45. The first-order valence-corrected chi connectivity index (χ1v) is 7.60. The maximum atomic E-state index is 3.39. The Morgan fingerprint density at radius 2 is 1.89 bits per heavy atom. The number of likely N-dealkylation sites (N-methyl/N-ethyl adjacent to an activating group) is 1. The van der Waals surface area contributed by atoms with E-state index in [9.17, 15) is 0 Å². The van der Waals surface area contributed by atoms with Gasteiger partial charge in [0.1, 0.15) is 0 Å². The molecule has 19 heavy (non-hydrogen) atoms. The van der Waals surface area contributed by atoms with Crippen molar-refractivity contribution in [2.75, 3.05) is 20.1 Å². The number of nitrogens with one attached hydrogen (secondary N) is 1. The molecule has 0 saturated carbocycles. The minimum Gasteiger partial charge on any atom is -0.316 e. The van der Waals surface area contributed by atoms with Gasteiger partial charge in [0.25, 0.3) is 0 Å². The zero-order valence-corrected chi connectivity index (χ0v) is 12.8. The molecular weight excluding hydrogens is 232 g/mol. The molecule has 106 valence electrons. The second-order valence-corrected chi connectivity index (χ2v) is 6.28. The summed E-state index contributed by atoms with van der Waals surface area (Å²) in [5, 5.41) is 3.39. The van der Waals surface area contributed by atoms with E-state index in [-0.39, 0.29) is 0 Å². The minimum absolute atomic E-state index is 0.534. The van der Waals surface area contributed by atoms with E-state index in [0.717, 1.165) is 5.92 Å². The zero-order chi connectivity index (χ0) is 13.8. The second-order valence-electron chi connectivity index (χ2n) is 6.28. The van der Waals surface area contributed by atoms with Gasteiger partial charge >= 0.3 is 0 Å². The SMILES string of the molecule is CNC1CCN(C(C)c2ccc(CC(C)C)cc2)C1. The van der Waals surface area contributed by atoms with Crippen LogP contribution in [0.4, 0.5) is 0 Å². The molecule has 1 saturated heterocycles. The van der Waals surface area contributed by atoms with Crippen molar-refractivity contribution in [2.45, 2.75) is 45.7 Å². The molecule has 1 fully saturated rings. The summed E-state index contributed by atoms with van der Waals surface area (Å²) < 4.78 is 0. The number of benzene rings is 1. The smallest absolute Gasteiger partial charge is 0.0320 e. The molecule has 1 N–H and O–H groups in total. The lowest BCUT2D eigenvalue weighted by Gasteiger charge is -2.25. The lowest BCUT2D eigenvalue weighted by molar-refractivity contribution is 0.257. The Hall–Kier alpha value is -0.860. The molecule has 0 aromatic heterocycles. The van der Waals surface area contributed by atoms with Crippen molar-refractivity contribution in [3.63, 3.8) is 0 Å². The van der Waals surface area contributed by atoms with Gasteiger partial charge in [-0.15, -0.1) is 0 Å². The molecule has 2 nitrogen and oxygen atoms in total. The molecule has 0 spiro atoms. The average Bonchev–Trinajstić information content (AvgIpc) is 2.87. The lowest BCUT2D eigenvalue weighted by atomic mass is 9.99. The summed E-state index contributed by atoms with van der Waals surface area (Å²) >= 11 is 0. The van der Waals surface area contributed by atoms with Crippen molar-refractivity contribution in [2.24, 2.45) is 5.92 Å². The lowest BCUT2D eigenvalue weighted by Crippen LogP contribution is -2.31. The maximum Gasteiger partial charge on any atom is 0.0320 e. The van der Waals surface area contributed by atoms with Crippen LogP contribution >= 0.6 is 0 Å². The predicted octanol–water partition coefficient (Wildman–Crippen LogP) is 3.24. The summed E-state index contributed by atoms with van der Waals surface area (Å²) in [7, 11) is 2.07. The number of hydrogen-bond donors (Lipinski definition) is 1. The summed E-state index contributed by atoms with van der Waals surface area (Å²) in [6.45, 7) is 9.26. The molecule has 1 heterocycles. The third kappa shape index (κ3) is 3.80. The Labute approximate surface area is 118 Å². The van der Waals surface area contributed by atoms with Gasteiger partial charge in [0.05, 0.1) is 0 Å². The van der Waals surface area contributed by atoms with Crippen LogP contribution in [0.1, 0.15) is 44.4 Å². The molecule has 2 unspecified atom stereocenters. The highest BCUT2D eigenvalue weighted by Gasteiger charge is 2.25. The van der Waals surface area contributed by atoms with Gasteiger partial charge in [-0.3, -0.25) is 4.90 Å². The van der Waals surface area contributed by atoms with Crippen LogP contribution in [0.15, 0.2) is 24.3 Å². The molecule has 2 rings (SSSR count). The standard InChI is InChI=1S/C17H28N2/c1-13(2)11-15-5-7-16(8-6-15)14(3)19-10-9-17(12-19)18-4/h5-8,13-14,17-18H,9-12H2,1-4H3. The van der Waals surface area contributed by atoms with E-state index in [2.05, 4.69) is 62.3 Å². The first-order valence-electron chi connectivity index (χ1n) is 7.60. The Balaban J connectivity index is 1.97. The molecule has 0 radical (unpaired) electrons. The van der Waals surface area contributed by atoms with Crippen LogP contribution < -0.4 is 5.32 Å². The van der Waals surface area contributed by atoms with Gasteiger partial charge in [-0.05, 0) is 43.9 Å². The highest BCUT2D eigenvalue weighted by Crippen LogP contribution is 2.25. The fourth-order valence-corrected chi connectivity index (χ4v) is 2.99. The van der Waals surface area contributed by atoms with Crippen LogP contribution in [0, 0.1) is 5.92 Å². The topological polar surface area (TPSA) is 15.3 Å². The van der Waals surface area contributed by atoms with Crippen molar-refractivity contribution in [3.05, 3.63) is 35.4 Å². The minimum atomic E-state index is 0.534. The molecule has 2 heteroatoms. The Morgan fingerprint density at radius 1 is 1.21 bits per heavy atom. The van der Waals surface area contributed by atoms with Gasteiger partial charge in [0.2, 0.25) is 0 Å². The number of nitrogens with zero attached hydrogens (tertiary/aromatic N) is 1. The average molecular weight is 260 g/mol. The Bertz CT molecular complexity index is 383. The van der Waals surface area contributed by atoms with Crippen molar-refractivity contribution in [1.29, 1.82) is 0 Å². The van der Waals surface area contributed by atoms with E-state index < -0.39 is 0 Å². The largest absolute Gasteiger partial charge is 0.316 e. The summed E-state index contributed by atoms with van der Waals surface area (Å²) in [4.78, 5) is 2.58. The Morgan fingerprint density at radius 3 is 2.42 bits per heavy atom. The third-order valence-electron chi connectivity index (χ3n) is 4.28. The van der Waals surface area contributed by atoms with Gasteiger partial charge in [0.15, 0.2) is 0 Å². The number of likely N-dealkylation sites (tertiary alicyclic amines) is 1. The quantitative estimate of drug-likeness (QED) is 0.874. The van der Waals surface area contributed by atoms with Gasteiger partial charge in [-0.1, -0.05) is 38.1 Å². The van der Waals surface area contributed by atoms with Gasteiger partial charge in [-0.2, -0.15) is 0 Å². The van der Waals surface area contributed by atoms with Crippen LogP contribution in [0.25, 0.3) is 0 Å². The number of hydrogen-bond acceptors (Lipinski definition) is 2. The molecule has 0 amide bonds. The highest BCUT2D eigenvalue weighted by atomic mass is 15.2. The molecule has 1 aliphatic heterocycles. The molecular formula is C17H28N2. The van der Waals surface area contributed by atoms with Crippen LogP contribution in [0.3, 0.4) is 0 Å². The van der Waals surface area contributed by atoms with E-state index in [1.807, 2.05) is 0 Å². The maximum absolute atomic E-state index is 3.39. The van der Waals surface area contributed by atoms with Crippen LogP contribution in [-0.4, -0.2) is 31.1 Å². The predicted molar refractivity (Wildman–Crippen MR) is 82.4 cm³/mol. The van der Waals surface area contributed by atoms with Gasteiger partial charge < -0.3 is 5.32 Å². The van der Waals surface area contributed by atoms with Crippen molar-refractivity contribution < 1.29 is 0 Å². The monoisotopic (exact) mass is 260 g/mol. The summed E-state index contributed by atoms with van der Waals surface area (Å²) in [6, 6.07) is 10.4. The summed E-state index contributed by atoms with van der Waals surface area (Å²) in [5.41, 5.74) is 2.91. The molecule has 1 aromatic carbocycles. The first kappa shape index (κ1) is 14.5. The fraction of sp³-hybridized carbons (Fsp3) is 0.647. The molecule has 0 bridgehead atoms. The molecule has 1 aliphatic rings. The van der Waals surface area contributed by atoms with Gasteiger partial charge in [-0.25, -0.2) is 0 Å². The molecule has 2 atom stereocenters. The van der Waals surface area contributed by atoms with E-state index in [4.69, 9.17) is 0 Å². The molecule has 0 aliphatic carbocycles. The normalized spacial score (nSPS) is 22.1. The second kappa shape index (κ2) is 6.53. The molecule has 1 aromatic rings. The van der Waals surface area contributed by atoms with Gasteiger partial charge in [0, 0.05) is 25.2 Å². The van der Waals surface area contributed by atoms with Crippen molar-refractivity contribution >= 4 is 0 Å². The summed E-state index contributed by atoms with van der Waals surface area (Å²) in [5.74, 6) is 0.734.